The van der Waals surface area contributed by atoms with Crippen molar-refractivity contribution in [3.05, 3.63) is 35.8 Å². The van der Waals surface area contributed by atoms with Crippen LogP contribution in [-0.2, 0) is 14.3 Å². The minimum atomic E-state index is -3.62. The van der Waals surface area contributed by atoms with Gasteiger partial charge < -0.3 is 0 Å². The fourth-order valence-electron chi connectivity index (χ4n) is 0.426. The fourth-order valence-corrected chi connectivity index (χ4v) is 0.874. The van der Waals surface area contributed by atoms with Crippen LogP contribution < -0.4 is 0 Å². The Labute approximate surface area is 73.2 Å². The van der Waals surface area contributed by atoms with Crippen molar-refractivity contribution in [2.24, 2.45) is 0 Å². The van der Waals surface area contributed by atoms with Crippen molar-refractivity contribution >= 4 is 10.1 Å². The molecule has 0 aliphatic rings. The van der Waals surface area contributed by atoms with Gasteiger partial charge in [0.2, 0.25) is 0 Å². The summed E-state index contributed by atoms with van der Waals surface area (Å²) in [6.07, 6.45) is 2.90. The summed E-state index contributed by atoms with van der Waals surface area (Å²) in [5.74, 6) is 0. The second-order valence-electron chi connectivity index (χ2n) is 2.27. The van der Waals surface area contributed by atoms with E-state index in [1.165, 1.54) is 6.08 Å². The monoisotopic (exact) mass is 188 g/mol. The Kier molecular flexibility index (Phi) is 3.92. The van der Waals surface area contributed by atoms with Crippen LogP contribution in [0.25, 0.3) is 0 Å². The van der Waals surface area contributed by atoms with Crippen LogP contribution in [0.4, 0.5) is 0 Å². The average Bonchev–Trinajstić information content (AvgIpc) is 2.00. The van der Waals surface area contributed by atoms with Crippen LogP contribution in [0.3, 0.4) is 0 Å². The molecule has 0 saturated heterocycles. The number of hydrogen-bond donors (Lipinski definition) is 0. The summed E-state index contributed by atoms with van der Waals surface area (Å²) in [5.41, 5.74) is 0.752. The van der Waals surface area contributed by atoms with Gasteiger partial charge in [0.15, 0.2) is 0 Å². The molecule has 0 spiro atoms. The van der Waals surface area contributed by atoms with Crippen LogP contribution >= 0.6 is 0 Å². The molecule has 0 aromatic heterocycles. The Bertz CT molecular complexity index is 309. The van der Waals surface area contributed by atoms with Crippen LogP contribution in [0.1, 0.15) is 6.92 Å². The van der Waals surface area contributed by atoms with Gasteiger partial charge in [-0.25, -0.2) is 0 Å². The van der Waals surface area contributed by atoms with Gasteiger partial charge in [-0.3, -0.25) is 4.18 Å². The van der Waals surface area contributed by atoms with Crippen LogP contribution in [0.15, 0.2) is 35.8 Å². The molecule has 12 heavy (non-hydrogen) atoms. The first-order valence-corrected chi connectivity index (χ1v) is 4.64. The molecule has 0 bridgehead atoms. The average molecular weight is 188 g/mol. The molecule has 0 aliphatic heterocycles. The van der Waals surface area contributed by atoms with E-state index in [2.05, 4.69) is 17.3 Å². The van der Waals surface area contributed by atoms with Crippen LogP contribution in [0.5, 0.6) is 0 Å². The maximum absolute atomic E-state index is 10.9. The Morgan fingerprint density at radius 2 is 1.83 bits per heavy atom. The van der Waals surface area contributed by atoms with Crippen LogP contribution in [0.2, 0.25) is 0 Å². The van der Waals surface area contributed by atoms with E-state index in [-0.39, 0.29) is 4.91 Å². The standard InChI is InChI=1S/C8H12O3S/c1-7(2)5-6-8(3)12(9,10)11-4/h5-6H,1,3H2,2,4H3/b6-5-. The van der Waals surface area contributed by atoms with Crippen molar-refractivity contribution in [2.75, 3.05) is 7.11 Å². The van der Waals surface area contributed by atoms with E-state index in [9.17, 15) is 8.42 Å². The number of rotatable bonds is 4. The molecule has 68 valence electrons. The Morgan fingerprint density at radius 3 is 2.17 bits per heavy atom. The summed E-state index contributed by atoms with van der Waals surface area (Å²) in [7, 11) is -2.52. The first-order chi connectivity index (χ1) is 5.40. The van der Waals surface area contributed by atoms with E-state index >= 15 is 0 Å². The smallest absolute Gasteiger partial charge is 0.270 e. The van der Waals surface area contributed by atoms with E-state index in [1.807, 2.05) is 0 Å². The van der Waals surface area contributed by atoms with E-state index in [0.29, 0.717) is 0 Å². The fraction of sp³-hybridized carbons (Fsp3) is 0.250. The van der Waals surface area contributed by atoms with Crippen molar-refractivity contribution < 1.29 is 12.6 Å². The highest BCUT2D eigenvalue weighted by molar-refractivity contribution is 7.90. The van der Waals surface area contributed by atoms with E-state index < -0.39 is 10.1 Å². The van der Waals surface area contributed by atoms with Gasteiger partial charge in [0, 0.05) is 0 Å². The molecule has 0 aromatic rings. The first kappa shape index (κ1) is 11.1. The highest BCUT2D eigenvalue weighted by atomic mass is 32.2. The zero-order valence-electron chi connectivity index (χ0n) is 7.20. The zero-order valence-corrected chi connectivity index (χ0v) is 8.02. The molecule has 0 rings (SSSR count). The molecule has 3 nitrogen and oxygen atoms in total. The van der Waals surface area contributed by atoms with Gasteiger partial charge in [0.05, 0.1) is 12.0 Å². The van der Waals surface area contributed by atoms with Gasteiger partial charge in [-0.15, -0.1) is 0 Å². The van der Waals surface area contributed by atoms with Crippen molar-refractivity contribution in [3.63, 3.8) is 0 Å². The molecule has 0 aliphatic carbocycles. The molecule has 0 amide bonds. The zero-order chi connectivity index (χ0) is 9.78. The lowest BCUT2D eigenvalue weighted by Gasteiger charge is -1.98. The quantitative estimate of drug-likeness (QED) is 0.497. The second kappa shape index (κ2) is 4.23. The second-order valence-corrected chi connectivity index (χ2v) is 4.03. The molecular formula is C8H12O3S. The van der Waals surface area contributed by atoms with E-state index in [4.69, 9.17) is 0 Å². The van der Waals surface area contributed by atoms with Gasteiger partial charge in [0.1, 0.15) is 0 Å². The minimum absolute atomic E-state index is 0.0759. The lowest BCUT2D eigenvalue weighted by Crippen LogP contribution is -2.02. The highest BCUT2D eigenvalue weighted by Gasteiger charge is 2.10. The molecule has 0 unspecified atom stereocenters. The SMILES string of the molecule is C=C(C)/C=C\C(=C)S(=O)(=O)OC. The number of hydrogen-bond acceptors (Lipinski definition) is 3. The number of allylic oxidation sites excluding steroid dienone is 3. The molecule has 0 fully saturated rings. The minimum Gasteiger partial charge on any atom is -0.270 e. The molecule has 0 radical (unpaired) electrons. The third-order valence-electron chi connectivity index (χ3n) is 1.09. The third kappa shape index (κ3) is 3.50. The predicted molar refractivity (Wildman–Crippen MR) is 49.0 cm³/mol. The van der Waals surface area contributed by atoms with Gasteiger partial charge in [-0.05, 0) is 13.0 Å². The van der Waals surface area contributed by atoms with Gasteiger partial charge in [-0.2, -0.15) is 8.42 Å². The van der Waals surface area contributed by atoms with Gasteiger partial charge in [-0.1, -0.05) is 24.8 Å². The van der Waals surface area contributed by atoms with Gasteiger partial charge >= 0.3 is 0 Å². The molecule has 0 atom stereocenters. The van der Waals surface area contributed by atoms with Crippen molar-refractivity contribution in [3.8, 4) is 0 Å². The summed E-state index contributed by atoms with van der Waals surface area (Å²) >= 11 is 0. The van der Waals surface area contributed by atoms with Crippen molar-refractivity contribution in [2.45, 2.75) is 6.92 Å². The summed E-state index contributed by atoms with van der Waals surface area (Å²) in [6, 6.07) is 0. The lowest BCUT2D eigenvalue weighted by atomic mass is 10.3. The molecule has 0 heterocycles. The molecule has 0 N–H and O–H groups in total. The van der Waals surface area contributed by atoms with Crippen molar-refractivity contribution in [1.82, 2.24) is 0 Å². The Balaban J connectivity index is 4.55. The summed E-state index contributed by atoms with van der Waals surface area (Å²) in [5, 5.41) is 0. The van der Waals surface area contributed by atoms with Crippen LogP contribution in [0, 0.1) is 0 Å². The maximum Gasteiger partial charge on any atom is 0.296 e. The third-order valence-corrected chi connectivity index (χ3v) is 2.31. The van der Waals surface area contributed by atoms with E-state index in [1.54, 1.807) is 13.0 Å². The van der Waals surface area contributed by atoms with Gasteiger partial charge in [0.25, 0.3) is 10.1 Å². The Morgan fingerprint density at radius 1 is 1.33 bits per heavy atom. The lowest BCUT2D eigenvalue weighted by molar-refractivity contribution is 0.404. The molecule has 0 aromatic carbocycles. The normalized spacial score (nSPS) is 11.8. The molecule has 4 heteroatoms. The van der Waals surface area contributed by atoms with Crippen molar-refractivity contribution in [1.29, 1.82) is 0 Å². The summed E-state index contributed by atoms with van der Waals surface area (Å²) in [4.78, 5) is -0.0759. The Hall–Kier alpha value is -0.870. The first-order valence-electron chi connectivity index (χ1n) is 3.23. The summed E-state index contributed by atoms with van der Waals surface area (Å²) < 4.78 is 26.0. The topological polar surface area (TPSA) is 43.4 Å². The van der Waals surface area contributed by atoms with Crippen LogP contribution in [-0.4, -0.2) is 15.5 Å². The van der Waals surface area contributed by atoms with E-state index in [0.717, 1.165) is 12.7 Å². The largest absolute Gasteiger partial charge is 0.296 e. The summed E-state index contributed by atoms with van der Waals surface area (Å²) in [6.45, 7) is 8.65. The molecular weight excluding hydrogens is 176 g/mol. The molecule has 0 saturated carbocycles. The highest BCUT2D eigenvalue weighted by Crippen LogP contribution is 2.07. The maximum atomic E-state index is 10.9. The predicted octanol–water partition coefficient (Wildman–Crippen LogP) is 1.61.